The molecule has 6 nitrogen and oxygen atoms in total. The zero-order chi connectivity index (χ0) is 18.0. The topological polar surface area (TPSA) is 82.3 Å². The lowest BCUT2D eigenvalue weighted by Crippen LogP contribution is -2.26. The quantitative estimate of drug-likeness (QED) is 0.798. The van der Waals surface area contributed by atoms with Crippen LogP contribution in [0, 0.1) is 11.7 Å². The summed E-state index contributed by atoms with van der Waals surface area (Å²) in [6.45, 7) is -3.03. The summed E-state index contributed by atoms with van der Waals surface area (Å²) in [5.74, 6) is -0.768. The van der Waals surface area contributed by atoms with Gasteiger partial charge in [0.25, 0.3) is 0 Å². The van der Waals surface area contributed by atoms with Gasteiger partial charge < -0.3 is 9.26 Å². The van der Waals surface area contributed by atoms with Gasteiger partial charge in [-0.15, -0.1) is 0 Å². The van der Waals surface area contributed by atoms with E-state index in [0.717, 1.165) is 24.6 Å². The molecule has 1 aliphatic heterocycles. The summed E-state index contributed by atoms with van der Waals surface area (Å²) in [6.07, 6.45) is 1.57. The summed E-state index contributed by atoms with van der Waals surface area (Å²) in [4.78, 5) is 4.05. The van der Waals surface area contributed by atoms with Gasteiger partial charge in [0.05, 0.1) is 17.1 Å². The van der Waals surface area contributed by atoms with Crippen LogP contribution in [-0.4, -0.2) is 36.7 Å². The first kappa shape index (κ1) is 17.7. The Morgan fingerprint density at radius 2 is 2.16 bits per heavy atom. The minimum absolute atomic E-state index is 0.0524. The van der Waals surface area contributed by atoms with E-state index in [1.807, 2.05) is 0 Å². The fraction of sp³-hybridized carbons (Fsp3) is 0.467. The highest BCUT2D eigenvalue weighted by Crippen LogP contribution is 2.27. The number of hydrogen-bond donors (Lipinski definition) is 0. The first-order valence-corrected chi connectivity index (χ1v) is 9.42. The molecule has 0 radical (unpaired) electrons. The standard InChI is InChI=1S/C15H15F3N2O4S/c16-12-4-3-10(23-15(17)18)7-11(12)14-19-13(24-20-14)6-9-2-1-5-25(21,22)8-9/h3-4,7,9,15H,1-2,5-6,8H2. The van der Waals surface area contributed by atoms with Crippen molar-refractivity contribution in [2.24, 2.45) is 5.92 Å². The van der Waals surface area contributed by atoms with Gasteiger partial charge in [-0.1, -0.05) is 5.16 Å². The third kappa shape index (κ3) is 4.50. The Bertz CT molecular complexity index is 854. The predicted octanol–water partition coefficient (Wildman–Crippen LogP) is 2.84. The van der Waals surface area contributed by atoms with Gasteiger partial charge in [0.1, 0.15) is 11.6 Å². The highest BCUT2D eigenvalue weighted by molar-refractivity contribution is 7.91. The number of benzene rings is 1. The molecule has 0 N–H and O–H groups in total. The van der Waals surface area contributed by atoms with Crippen molar-refractivity contribution in [1.82, 2.24) is 10.1 Å². The Morgan fingerprint density at radius 1 is 1.36 bits per heavy atom. The number of nitrogens with zero attached hydrogens (tertiary/aromatic N) is 2. The second-order valence-electron chi connectivity index (χ2n) is 5.86. The molecule has 1 aromatic heterocycles. The van der Waals surface area contributed by atoms with Crippen molar-refractivity contribution in [3.05, 3.63) is 29.9 Å². The fourth-order valence-electron chi connectivity index (χ4n) is 2.82. The highest BCUT2D eigenvalue weighted by Gasteiger charge is 2.27. The first-order valence-electron chi connectivity index (χ1n) is 7.60. The molecule has 1 atom stereocenters. The number of ether oxygens (including phenoxy) is 1. The molecule has 1 fully saturated rings. The summed E-state index contributed by atoms with van der Waals surface area (Å²) >= 11 is 0. The van der Waals surface area contributed by atoms with E-state index in [1.165, 1.54) is 0 Å². The van der Waals surface area contributed by atoms with Gasteiger partial charge in [-0.05, 0) is 37.0 Å². The predicted molar refractivity (Wildman–Crippen MR) is 81.4 cm³/mol. The van der Waals surface area contributed by atoms with Crippen LogP contribution < -0.4 is 4.74 Å². The van der Waals surface area contributed by atoms with E-state index in [1.54, 1.807) is 0 Å². The normalized spacial score (nSPS) is 19.9. The summed E-state index contributed by atoms with van der Waals surface area (Å²) in [5, 5.41) is 3.65. The van der Waals surface area contributed by atoms with Crippen LogP contribution in [0.2, 0.25) is 0 Å². The molecule has 0 bridgehead atoms. The van der Waals surface area contributed by atoms with Crippen molar-refractivity contribution >= 4 is 9.84 Å². The molecule has 1 saturated heterocycles. The Kier molecular flexibility index (Phi) is 4.98. The molecule has 1 unspecified atom stereocenters. The third-order valence-electron chi connectivity index (χ3n) is 3.89. The lowest BCUT2D eigenvalue weighted by atomic mass is 10.0. The maximum absolute atomic E-state index is 13.9. The fourth-order valence-corrected chi connectivity index (χ4v) is 4.60. The zero-order valence-corrected chi connectivity index (χ0v) is 13.8. The molecule has 10 heteroatoms. The van der Waals surface area contributed by atoms with Crippen LogP contribution in [0.5, 0.6) is 5.75 Å². The Morgan fingerprint density at radius 3 is 2.88 bits per heavy atom. The summed E-state index contributed by atoms with van der Waals surface area (Å²) in [7, 11) is -3.06. The molecule has 136 valence electrons. The lowest BCUT2D eigenvalue weighted by molar-refractivity contribution is -0.0498. The molecule has 0 aliphatic carbocycles. The zero-order valence-electron chi connectivity index (χ0n) is 13.0. The van der Waals surface area contributed by atoms with Crippen LogP contribution >= 0.6 is 0 Å². The molecular formula is C15H15F3N2O4S. The van der Waals surface area contributed by atoms with E-state index in [2.05, 4.69) is 14.9 Å². The minimum Gasteiger partial charge on any atom is -0.435 e. The monoisotopic (exact) mass is 376 g/mol. The van der Waals surface area contributed by atoms with Crippen molar-refractivity contribution in [3.8, 4) is 17.1 Å². The van der Waals surface area contributed by atoms with Gasteiger partial charge in [-0.3, -0.25) is 0 Å². The Balaban J connectivity index is 1.77. The SMILES string of the molecule is O=S1(=O)CCCC(Cc2nc(-c3cc(OC(F)F)ccc3F)no2)C1. The van der Waals surface area contributed by atoms with Crippen LogP contribution in [0.25, 0.3) is 11.4 Å². The number of aromatic nitrogens is 2. The lowest BCUT2D eigenvalue weighted by Gasteiger charge is -2.19. The third-order valence-corrected chi connectivity index (χ3v) is 5.78. The minimum atomic E-state index is -3.06. The van der Waals surface area contributed by atoms with Gasteiger partial charge >= 0.3 is 6.61 Å². The molecule has 2 aromatic rings. The number of alkyl halides is 2. The van der Waals surface area contributed by atoms with E-state index < -0.39 is 22.3 Å². The molecule has 0 amide bonds. The van der Waals surface area contributed by atoms with Crippen LogP contribution in [0.4, 0.5) is 13.2 Å². The molecule has 1 aromatic carbocycles. The van der Waals surface area contributed by atoms with E-state index in [9.17, 15) is 21.6 Å². The van der Waals surface area contributed by atoms with Crippen LogP contribution in [0.15, 0.2) is 22.7 Å². The van der Waals surface area contributed by atoms with Gasteiger partial charge in [0.15, 0.2) is 9.84 Å². The first-order chi connectivity index (χ1) is 11.8. The average molecular weight is 376 g/mol. The number of halogens is 3. The van der Waals surface area contributed by atoms with Gasteiger partial charge in [-0.2, -0.15) is 13.8 Å². The molecule has 1 aliphatic rings. The molecule has 0 saturated carbocycles. The Hall–Kier alpha value is -2.10. The van der Waals surface area contributed by atoms with Crippen LogP contribution in [0.3, 0.4) is 0 Å². The van der Waals surface area contributed by atoms with Gasteiger partial charge in [-0.25, -0.2) is 12.8 Å². The summed E-state index contributed by atoms with van der Waals surface area (Å²) in [5.41, 5.74) is -0.135. The summed E-state index contributed by atoms with van der Waals surface area (Å²) in [6, 6.07) is 3.09. The maximum atomic E-state index is 13.9. The van der Waals surface area contributed by atoms with E-state index in [0.29, 0.717) is 6.42 Å². The molecule has 25 heavy (non-hydrogen) atoms. The van der Waals surface area contributed by atoms with Gasteiger partial charge in [0, 0.05) is 6.42 Å². The van der Waals surface area contributed by atoms with Gasteiger partial charge in [0.2, 0.25) is 11.7 Å². The average Bonchev–Trinajstić information content (AvgIpc) is 2.96. The van der Waals surface area contributed by atoms with Crippen LogP contribution in [0.1, 0.15) is 18.7 Å². The maximum Gasteiger partial charge on any atom is 0.387 e. The Labute approximate surface area is 141 Å². The van der Waals surface area contributed by atoms with Crippen molar-refractivity contribution in [1.29, 1.82) is 0 Å². The molecule has 0 spiro atoms. The molecule has 3 rings (SSSR count). The number of rotatable bonds is 5. The summed E-state index contributed by atoms with van der Waals surface area (Å²) < 4.78 is 71.1. The molecular weight excluding hydrogens is 361 g/mol. The smallest absolute Gasteiger partial charge is 0.387 e. The van der Waals surface area contributed by atoms with E-state index in [4.69, 9.17) is 4.52 Å². The highest BCUT2D eigenvalue weighted by atomic mass is 32.2. The largest absolute Gasteiger partial charge is 0.435 e. The van der Waals surface area contributed by atoms with E-state index >= 15 is 0 Å². The molecule has 2 heterocycles. The number of hydrogen-bond acceptors (Lipinski definition) is 6. The van der Waals surface area contributed by atoms with Crippen molar-refractivity contribution in [2.75, 3.05) is 11.5 Å². The van der Waals surface area contributed by atoms with Crippen molar-refractivity contribution in [3.63, 3.8) is 0 Å². The second kappa shape index (κ2) is 7.03. The van der Waals surface area contributed by atoms with Crippen LogP contribution in [-0.2, 0) is 16.3 Å². The second-order valence-corrected chi connectivity index (χ2v) is 8.09. The van der Waals surface area contributed by atoms with Crippen molar-refractivity contribution in [2.45, 2.75) is 25.9 Å². The van der Waals surface area contributed by atoms with Crippen molar-refractivity contribution < 1.29 is 30.8 Å². The van der Waals surface area contributed by atoms with E-state index in [-0.39, 0.29) is 46.9 Å². The number of sulfone groups is 1.